The summed E-state index contributed by atoms with van der Waals surface area (Å²) in [5.74, 6) is 0. The van der Waals surface area contributed by atoms with Crippen LogP contribution in [0, 0.1) is 0 Å². The van der Waals surface area contributed by atoms with E-state index in [9.17, 15) is 0 Å². The van der Waals surface area contributed by atoms with Gasteiger partial charge in [-0.25, -0.2) is 0 Å². The maximum Gasteiger partial charge on any atom is 0.0716 e. The molecule has 1 aromatic rings. The van der Waals surface area contributed by atoms with E-state index in [4.69, 9.17) is 16.2 Å². The monoisotopic (exact) mass is 392 g/mol. The molecule has 132 valence electrons. The molecule has 0 bridgehead atoms. The Balaban J connectivity index is 1.56. The molecule has 0 heterocycles. The van der Waals surface area contributed by atoms with Gasteiger partial charge >= 0.3 is 0 Å². The van der Waals surface area contributed by atoms with Gasteiger partial charge in [0.1, 0.15) is 0 Å². The number of nitrogens with two attached hydrogens (primary N) is 2. The van der Waals surface area contributed by atoms with Gasteiger partial charge in [-0.15, -0.1) is 0 Å². The minimum Gasteiger partial charge on any atom is -0.377 e. The van der Waals surface area contributed by atoms with Gasteiger partial charge in [-0.2, -0.15) is 0 Å². The largest absolute Gasteiger partial charge is 0.377 e. The van der Waals surface area contributed by atoms with Gasteiger partial charge in [0.2, 0.25) is 0 Å². The first-order valence-corrected chi connectivity index (χ1v) is 9.54. The van der Waals surface area contributed by atoms with Crippen molar-refractivity contribution in [3.63, 3.8) is 0 Å². The number of halogens is 1. The van der Waals surface area contributed by atoms with Crippen molar-refractivity contribution in [2.24, 2.45) is 11.5 Å². The molecule has 0 amide bonds. The first-order chi connectivity index (χ1) is 11.5. The van der Waals surface area contributed by atoms with Crippen LogP contribution in [0.1, 0.15) is 44.6 Å². The van der Waals surface area contributed by atoms with Crippen LogP contribution < -0.4 is 11.5 Å². The molecule has 3 nitrogen and oxygen atoms in total. The molecule has 0 saturated heterocycles. The van der Waals surface area contributed by atoms with Crippen molar-refractivity contribution in [2.75, 3.05) is 6.61 Å². The van der Waals surface area contributed by atoms with Crippen LogP contribution in [-0.4, -0.2) is 18.2 Å². The SMILES string of the molecule is CC1=C(Br)C=CC(N)(CCCCCCOCc2ccccc2)C1N. The summed E-state index contributed by atoms with van der Waals surface area (Å²) in [5, 5.41) is 0. The fourth-order valence-electron chi connectivity index (χ4n) is 3.01. The van der Waals surface area contributed by atoms with E-state index in [1.165, 1.54) is 12.0 Å². The first kappa shape index (κ1) is 19.4. The highest BCUT2D eigenvalue weighted by Gasteiger charge is 2.33. The summed E-state index contributed by atoms with van der Waals surface area (Å²) >= 11 is 3.52. The number of allylic oxidation sites excluding steroid dienone is 2. The Morgan fingerprint density at radius 3 is 2.58 bits per heavy atom. The van der Waals surface area contributed by atoms with Gasteiger partial charge in [0.25, 0.3) is 0 Å². The molecule has 24 heavy (non-hydrogen) atoms. The summed E-state index contributed by atoms with van der Waals surface area (Å²) in [7, 11) is 0. The number of benzene rings is 1. The molecule has 1 aliphatic rings. The third-order valence-corrected chi connectivity index (χ3v) is 5.61. The van der Waals surface area contributed by atoms with Crippen molar-refractivity contribution in [2.45, 2.75) is 57.2 Å². The number of ether oxygens (including phenoxy) is 1. The van der Waals surface area contributed by atoms with Crippen LogP contribution in [-0.2, 0) is 11.3 Å². The van der Waals surface area contributed by atoms with Crippen LogP contribution in [0.5, 0.6) is 0 Å². The molecule has 0 spiro atoms. The van der Waals surface area contributed by atoms with Crippen molar-refractivity contribution >= 4 is 15.9 Å². The fraction of sp³-hybridized carbons (Fsp3) is 0.500. The Hall–Kier alpha value is -0.940. The second-order valence-electron chi connectivity index (χ2n) is 6.66. The summed E-state index contributed by atoms with van der Waals surface area (Å²) in [6.07, 6.45) is 9.54. The molecule has 0 fully saturated rings. The summed E-state index contributed by atoms with van der Waals surface area (Å²) in [6, 6.07) is 10.2. The van der Waals surface area contributed by atoms with Gasteiger partial charge < -0.3 is 16.2 Å². The maximum absolute atomic E-state index is 6.49. The molecule has 2 unspecified atom stereocenters. The van der Waals surface area contributed by atoms with E-state index in [1.54, 1.807) is 0 Å². The zero-order valence-corrected chi connectivity index (χ0v) is 16.1. The van der Waals surface area contributed by atoms with E-state index in [-0.39, 0.29) is 6.04 Å². The molecule has 2 atom stereocenters. The Labute approximate surface area is 154 Å². The molecule has 4 heteroatoms. The van der Waals surface area contributed by atoms with Crippen molar-refractivity contribution in [1.82, 2.24) is 0 Å². The predicted octanol–water partition coefficient (Wildman–Crippen LogP) is 4.42. The first-order valence-electron chi connectivity index (χ1n) is 8.74. The van der Waals surface area contributed by atoms with Crippen LogP contribution in [0.4, 0.5) is 0 Å². The fourth-order valence-corrected chi connectivity index (χ4v) is 3.39. The summed E-state index contributed by atoms with van der Waals surface area (Å²) < 4.78 is 6.77. The molecule has 2 rings (SSSR count). The third-order valence-electron chi connectivity index (χ3n) is 4.72. The van der Waals surface area contributed by atoms with Crippen LogP contribution in [0.25, 0.3) is 0 Å². The second kappa shape index (κ2) is 9.52. The summed E-state index contributed by atoms with van der Waals surface area (Å²) in [5.41, 5.74) is 14.7. The van der Waals surface area contributed by atoms with Gasteiger partial charge in [0.05, 0.1) is 12.1 Å². The molecule has 1 aromatic carbocycles. The maximum atomic E-state index is 6.49. The van der Waals surface area contributed by atoms with E-state index in [2.05, 4.69) is 34.1 Å². The highest BCUT2D eigenvalue weighted by molar-refractivity contribution is 9.11. The third kappa shape index (κ3) is 5.55. The zero-order chi connectivity index (χ0) is 17.4. The minimum atomic E-state index is -0.412. The molecule has 0 aromatic heterocycles. The topological polar surface area (TPSA) is 61.3 Å². The van der Waals surface area contributed by atoms with E-state index < -0.39 is 5.54 Å². The average molecular weight is 393 g/mol. The lowest BCUT2D eigenvalue weighted by Crippen LogP contribution is -2.55. The van der Waals surface area contributed by atoms with Crippen molar-refractivity contribution in [1.29, 1.82) is 0 Å². The minimum absolute atomic E-state index is 0.105. The van der Waals surface area contributed by atoms with Crippen LogP contribution in [0.3, 0.4) is 0 Å². The normalized spacial score (nSPS) is 23.8. The second-order valence-corrected chi connectivity index (χ2v) is 7.51. The summed E-state index contributed by atoms with van der Waals surface area (Å²) in [4.78, 5) is 0. The average Bonchev–Trinajstić information content (AvgIpc) is 2.60. The van der Waals surface area contributed by atoms with Crippen LogP contribution >= 0.6 is 15.9 Å². The van der Waals surface area contributed by atoms with Crippen molar-refractivity contribution in [3.05, 3.63) is 58.1 Å². The van der Waals surface area contributed by atoms with Gasteiger partial charge in [-0.3, -0.25) is 0 Å². The quantitative estimate of drug-likeness (QED) is 0.611. The lowest BCUT2D eigenvalue weighted by molar-refractivity contribution is 0.116. The standard InChI is InChI=1S/C20H29BrN2O/c1-16-18(21)11-13-20(23,19(16)22)12-7-2-3-8-14-24-15-17-9-5-4-6-10-17/h4-6,9-11,13,19H,2-3,7-8,12,14-15,22-23H2,1H3. The highest BCUT2D eigenvalue weighted by atomic mass is 79.9. The van der Waals surface area contributed by atoms with Gasteiger partial charge in [0, 0.05) is 17.1 Å². The Morgan fingerprint density at radius 1 is 1.12 bits per heavy atom. The zero-order valence-electron chi connectivity index (χ0n) is 14.5. The highest BCUT2D eigenvalue weighted by Crippen LogP contribution is 2.30. The molecule has 0 aliphatic heterocycles. The van der Waals surface area contributed by atoms with Crippen LogP contribution in [0.2, 0.25) is 0 Å². The van der Waals surface area contributed by atoms with Crippen molar-refractivity contribution < 1.29 is 4.74 Å². The van der Waals surface area contributed by atoms with Gasteiger partial charge in [0.15, 0.2) is 0 Å². The molecule has 0 radical (unpaired) electrons. The number of rotatable bonds is 9. The Bertz CT molecular complexity index is 570. The van der Waals surface area contributed by atoms with Crippen molar-refractivity contribution in [3.8, 4) is 0 Å². The van der Waals surface area contributed by atoms with E-state index in [0.717, 1.165) is 42.3 Å². The number of unbranched alkanes of at least 4 members (excludes halogenated alkanes) is 3. The molecular weight excluding hydrogens is 364 g/mol. The van der Waals surface area contributed by atoms with Gasteiger partial charge in [-0.05, 0) is 30.9 Å². The molecular formula is C20H29BrN2O. The predicted molar refractivity (Wildman–Crippen MR) is 105 cm³/mol. The number of hydrogen-bond acceptors (Lipinski definition) is 3. The lowest BCUT2D eigenvalue weighted by Gasteiger charge is -2.36. The summed E-state index contributed by atoms with van der Waals surface area (Å²) in [6.45, 7) is 3.56. The van der Waals surface area contributed by atoms with E-state index in [0.29, 0.717) is 6.61 Å². The Kier molecular flexibility index (Phi) is 7.69. The van der Waals surface area contributed by atoms with Crippen LogP contribution in [0.15, 0.2) is 52.5 Å². The van der Waals surface area contributed by atoms with Gasteiger partial charge in [-0.1, -0.05) is 77.7 Å². The Morgan fingerprint density at radius 2 is 1.83 bits per heavy atom. The van der Waals surface area contributed by atoms with E-state index in [1.807, 2.05) is 31.2 Å². The number of hydrogen-bond donors (Lipinski definition) is 2. The van der Waals surface area contributed by atoms with E-state index >= 15 is 0 Å². The smallest absolute Gasteiger partial charge is 0.0716 e. The molecule has 1 aliphatic carbocycles. The molecule has 4 N–H and O–H groups in total. The lowest BCUT2D eigenvalue weighted by atomic mass is 9.79. The molecule has 0 saturated carbocycles.